The predicted octanol–water partition coefficient (Wildman–Crippen LogP) is 4.30. The van der Waals surface area contributed by atoms with Gasteiger partial charge in [0.1, 0.15) is 12.4 Å². The largest absolute Gasteiger partial charge is 0.487 e. The van der Waals surface area contributed by atoms with Crippen molar-refractivity contribution in [1.29, 1.82) is 0 Å². The van der Waals surface area contributed by atoms with Crippen LogP contribution in [0.25, 0.3) is 16.6 Å². The average Bonchev–Trinajstić information content (AvgIpc) is 3.02. The van der Waals surface area contributed by atoms with E-state index in [0.29, 0.717) is 10.8 Å². The molecule has 1 aromatic carbocycles. The number of benzene rings is 1. The van der Waals surface area contributed by atoms with Crippen molar-refractivity contribution in [2.45, 2.75) is 26.5 Å². The molecule has 0 fully saturated rings. The Hall–Kier alpha value is -3.09. The predicted molar refractivity (Wildman–Crippen MR) is 127 cm³/mol. The monoisotopic (exact) mass is 448 g/mol. The summed E-state index contributed by atoms with van der Waals surface area (Å²) in [6.45, 7) is 6.74. The summed E-state index contributed by atoms with van der Waals surface area (Å²) in [7, 11) is 0. The summed E-state index contributed by atoms with van der Waals surface area (Å²) in [6.07, 6.45) is 4.39. The van der Waals surface area contributed by atoms with E-state index in [0.717, 1.165) is 44.0 Å². The Bertz CT molecular complexity index is 1310. The van der Waals surface area contributed by atoms with E-state index >= 15 is 0 Å². The van der Waals surface area contributed by atoms with E-state index < -0.39 is 0 Å². The van der Waals surface area contributed by atoms with Crippen LogP contribution in [-0.2, 0) is 19.6 Å². The molecule has 4 aromatic rings. The Kier molecular flexibility index (Phi) is 5.72. The molecule has 6 nitrogen and oxygen atoms in total. The van der Waals surface area contributed by atoms with Gasteiger partial charge in [0.2, 0.25) is 0 Å². The summed E-state index contributed by atoms with van der Waals surface area (Å²) in [5, 5.41) is 1.75. The van der Waals surface area contributed by atoms with Crippen LogP contribution in [0.1, 0.15) is 18.3 Å². The second-order valence-electron chi connectivity index (χ2n) is 8.04. The number of pyridine rings is 2. The van der Waals surface area contributed by atoms with Gasteiger partial charge in [-0.25, -0.2) is 0 Å². The van der Waals surface area contributed by atoms with Crippen LogP contribution in [0.5, 0.6) is 5.75 Å². The van der Waals surface area contributed by atoms with Gasteiger partial charge in [-0.1, -0.05) is 18.5 Å². The summed E-state index contributed by atoms with van der Waals surface area (Å²) in [5.74, 6) is 0.514. The van der Waals surface area contributed by atoms with Crippen molar-refractivity contribution in [3.63, 3.8) is 0 Å². The number of aromatic nitrogens is 3. The molecule has 0 unspecified atom stereocenters. The molecule has 7 heteroatoms. The first-order valence-corrected chi connectivity index (χ1v) is 11.3. The van der Waals surface area contributed by atoms with Crippen LogP contribution in [0.3, 0.4) is 0 Å². The fourth-order valence-corrected chi connectivity index (χ4v) is 4.40. The van der Waals surface area contributed by atoms with Gasteiger partial charge < -0.3 is 14.2 Å². The highest BCUT2D eigenvalue weighted by Gasteiger charge is 2.16. The van der Waals surface area contributed by atoms with Gasteiger partial charge in [-0.2, -0.15) is 0 Å². The molecule has 32 heavy (non-hydrogen) atoms. The highest BCUT2D eigenvalue weighted by Crippen LogP contribution is 2.25. The third kappa shape index (κ3) is 4.16. The second kappa shape index (κ2) is 8.81. The normalized spacial score (nSPS) is 14.3. The van der Waals surface area contributed by atoms with E-state index in [-0.39, 0.29) is 12.2 Å². The number of halogens is 1. The van der Waals surface area contributed by atoms with Crippen LogP contribution in [0.2, 0.25) is 5.02 Å². The fourth-order valence-electron chi connectivity index (χ4n) is 4.29. The molecule has 0 bridgehead atoms. The first-order valence-electron chi connectivity index (χ1n) is 10.9. The lowest BCUT2D eigenvalue weighted by Gasteiger charge is -2.16. The van der Waals surface area contributed by atoms with Crippen molar-refractivity contribution >= 4 is 22.5 Å². The highest BCUT2D eigenvalue weighted by molar-refractivity contribution is 6.30. The van der Waals surface area contributed by atoms with Gasteiger partial charge in [0.25, 0.3) is 5.56 Å². The molecule has 4 heterocycles. The molecular formula is C25H25ClN4O2. The van der Waals surface area contributed by atoms with Gasteiger partial charge in [0, 0.05) is 66.8 Å². The molecule has 0 amide bonds. The Balaban J connectivity index is 1.37. The van der Waals surface area contributed by atoms with Crippen LogP contribution >= 0.6 is 11.6 Å². The third-order valence-electron chi connectivity index (χ3n) is 6.09. The lowest BCUT2D eigenvalue weighted by atomic mass is 10.2. The first-order chi connectivity index (χ1) is 15.6. The molecule has 0 N–H and O–H groups in total. The lowest BCUT2D eigenvalue weighted by Crippen LogP contribution is -2.26. The molecule has 5 rings (SSSR count). The van der Waals surface area contributed by atoms with Crippen LogP contribution in [-0.4, -0.2) is 38.7 Å². The first kappa shape index (κ1) is 20.8. The molecule has 164 valence electrons. The number of fused-ring (bicyclic) bond motifs is 3. The molecular weight excluding hydrogens is 424 g/mol. The van der Waals surface area contributed by atoms with Crippen molar-refractivity contribution in [1.82, 2.24) is 19.0 Å². The average molecular weight is 449 g/mol. The topological polar surface area (TPSA) is 52.3 Å². The smallest absolute Gasteiger partial charge is 0.258 e. The number of nitrogens with zero attached hydrogens (tertiary/aromatic N) is 4. The van der Waals surface area contributed by atoms with E-state index in [2.05, 4.69) is 39.6 Å². The Morgan fingerprint density at radius 3 is 2.75 bits per heavy atom. The summed E-state index contributed by atoms with van der Waals surface area (Å²) < 4.78 is 9.80. The van der Waals surface area contributed by atoms with Crippen LogP contribution in [0.4, 0.5) is 0 Å². The molecule has 1 aliphatic rings. The summed E-state index contributed by atoms with van der Waals surface area (Å²) in [4.78, 5) is 19.5. The SMILES string of the molecule is CCN1CCc2cc3cc(-n4ccc(OCc5ccc(Cl)cn5)cc4=O)ccc3n2CC1. The van der Waals surface area contributed by atoms with E-state index in [4.69, 9.17) is 16.3 Å². The van der Waals surface area contributed by atoms with Gasteiger partial charge in [-0.3, -0.25) is 14.3 Å². The van der Waals surface area contributed by atoms with E-state index in [1.54, 1.807) is 35.2 Å². The van der Waals surface area contributed by atoms with E-state index in [1.165, 1.54) is 22.7 Å². The number of likely N-dealkylation sites (N-methyl/N-ethyl adjacent to an activating group) is 1. The Morgan fingerprint density at radius 2 is 1.97 bits per heavy atom. The number of hydrogen-bond donors (Lipinski definition) is 0. The van der Waals surface area contributed by atoms with Crippen LogP contribution in [0.15, 0.2) is 65.7 Å². The van der Waals surface area contributed by atoms with Gasteiger partial charge in [-0.15, -0.1) is 0 Å². The minimum Gasteiger partial charge on any atom is -0.487 e. The summed E-state index contributed by atoms with van der Waals surface area (Å²) in [5.41, 5.74) is 4.05. The molecule has 0 saturated heterocycles. The van der Waals surface area contributed by atoms with E-state index in [9.17, 15) is 4.79 Å². The molecule has 0 radical (unpaired) electrons. The molecule has 1 aliphatic heterocycles. The van der Waals surface area contributed by atoms with Crippen molar-refractivity contribution in [2.75, 3.05) is 19.6 Å². The summed E-state index contributed by atoms with van der Waals surface area (Å²) in [6, 6.07) is 15.4. The van der Waals surface area contributed by atoms with Crippen molar-refractivity contribution in [3.8, 4) is 11.4 Å². The molecule has 3 aromatic heterocycles. The maximum absolute atomic E-state index is 12.8. The Morgan fingerprint density at radius 1 is 1.06 bits per heavy atom. The molecule has 0 spiro atoms. The summed E-state index contributed by atoms with van der Waals surface area (Å²) >= 11 is 5.86. The van der Waals surface area contributed by atoms with E-state index in [1.807, 2.05) is 6.07 Å². The zero-order chi connectivity index (χ0) is 22.1. The number of ether oxygens (including phenoxy) is 1. The fraction of sp³-hybridized carbons (Fsp3) is 0.280. The maximum atomic E-state index is 12.8. The van der Waals surface area contributed by atoms with Gasteiger partial charge in [0.05, 0.1) is 10.7 Å². The Labute approximate surface area is 191 Å². The molecule has 0 atom stereocenters. The van der Waals surface area contributed by atoms with Crippen molar-refractivity contribution in [2.24, 2.45) is 0 Å². The number of hydrogen-bond acceptors (Lipinski definition) is 4. The highest BCUT2D eigenvalue weighted by atomic mass is 35.5. The quantitative estimate of drug-likeness (QED) is 0.457. The lowest BCUT2D eigenvalue weighted by molar-refractivity contribution is 0.296. The zero-order valence-electron chi connectivity index (χ0n) is 18.0. The molecule has 0 saturated carbocycles. The maximum Gasteiger partial charge on any atom is 0.258 e. The number of rotatable bonds is 5. The standard InChI is InChI=1S/C25H25ClN4O2/c1-2-28-9-7-22-14-18-13-21(5-6-24(18)29(22)12-11-28)30-10-8-23(15-25(30)31)32-17-20-4-3-19(26)16-27-20/h3-6,8,10,13-16H,2,7,9,11-12,17H2,1H3. The zero-order valence-corrected chi connectivity index (χ0v) is 18.8. The third-order valence-corrected chi connectivity index (χ3v) is 6.31. The minimum atomic E-state index is -0.134. The minimum absolute atomic E-state index is 0.134. The van der Waals surface area contributed by atoms with Crippen molar-refractivity contribution < 1.29 is 4.74 Å². The molecule has 0 aliphatic carbocycles. The van der Waals surface area contributed by atoms with Crippen molar-refractivity contribution in [3.05, 3.63) is 87.7 Å². The van der Waals surface area contributed by atoms with Gasteiger partial charge >= 0.3 is 0 Å². The van der Waals surface area contributed by atoms with Crippen LogP contribution in [0, 0.1) is 0 Å². The van der Waals surface area contributed by atoms with Gasteiger partial charge in [0.15, 0.2) is 0 Å². The van der Waals surface area contributed by atoms with Crippen LogP contribution < -0.4 is 10.3 Å². The van der Waals surface area contributed by atoms with Gasteiger partial charge in [-0.05, 0) is 49.0 Å². The second-order valence-corrected chi connectivity index (χ2v) is 8.48.